The number of rotatable bonds is 5. The van der Waals surface area contributed by atoms with E-state index < -0.39 is 11.9 Å². The van der Waals surface area contributed by atoms with Crippen LogP contribution in [-0.2, 0) is 20.7 Å². The molecule has 2 heterocycles. The predicted octanol–water partition coefficient (Wildman–Crippen LogP) is 2.55. The van der Waals surface area contributed by atoms with Crippen LogP contribution in [0.3, 0.4) is 0 Å². The Labute approximate surface area is 161 Å². The van der Waals surface area contributed by atoms with Gasteiger partial charge >= 0.3 is 11.9 Å². The van der Waals surface area contributed by atoms with Gasteiger partial charge in [-0.25, -0.2) is 9.59 Å². The van der Waals surface area contributed by atoms with E-state index in [9.17, 15) is 9.59 Å². The molecule has 2 aromatic carbocycles. The number of cyclic esters (lactones) is 2. The fourth-order valence-corrected chi connectivity index (χ4v) is 3.27. The molecule has 0 spiro atoms. The van der Waals surface area contributed by atoms with E-state index in [0.717, 1.165) is 5.56 Å². The number of fused-ring (bicyclic) bond motifs is 1. The Balaban J connectivity index is 1.73. The number of hydrogen-bond donors (Lipinski definition) is 0. The molecular formula is C21H18O7. The summed E-state index contributed by atoms with van der Waals surface area (Å²) >= 11 is 0. The highest BCUT2D eigenvalue weighted by Gasteiger charge is 2.34. The Morgan fingerprint density at radius 1 is 0.857 bits per heavy atom. The third-order valence-corrected chi connectivity index (χ3v) is 4.60. The van der Waals surface area contributed by atoms with E-state index in [4.69, 9.17) is 23.7 Å². The number of esters is 2. The number of methoxy groups -OCH3 is 2. The van der Waals surface area contributed by atoms with Gasteiger partial charge in [-0.1, -0.05) is 12.1 Å². The molecule has 0 unspecified atom stereocenters. The Hall–Kier alpha value is -3.48. The van der Waals surface area contributed by atoms with Crippen LogP contribution in [0.15, 0.2) is 42.0 Å². The molecule has 0 fully saturated rings. The zero-order valence-electron chi connectivity index (χ0n) is 15.4. The molecule has 2 aliphatic heterocycles. The lowest BCUT2D eigenvalue weighted by Crippen LogP contribution is -2.15. The van der Waals surface area contributed by atoms with E-state index in [0.29, 0.717) is 41.8 Å². The summed E-state index contributed by atoms with van der Waals surface area (Å²) in [4.78, 5) is 24.7. The number of hydrogen-bond acceptors (Lipinski definition) is 7. The van der Waals surface area contributed by atoms with E-state index in [1.54, 1.807) is 37.4 Å². The average molecular weight is 382 g/mol. The maximum atomic E-state index is 12.4. The van der Waals surface area contributed by atoms with E-state index in [-0.39, 0.29) is 17.6 Å². The third-order valence-electron chi connectivity index (χ3n) is 4.60. The van der Waals surface area contributed by atoms with Gasteiger partial charge in [0.25, 0.3) is 0 Å². The molecule has 2 aromatic rings. The van der Waals surface area contributed by atoms with Crippen LogP contribution in [-0.4, -0.2) is 39.4 Å². The molecule has 0 bridgehead atoms. The summed E-state index contributed by atoms with van der Waals surface area (Å²) in [5, 5.41) is 0. The highest BCUT2D eigenvalue weighted by Crippen LogP contribution is 2.37. The highest BCUT2D eigenvalue weighted by atomic mass is 16.6. The number of carbonyl (C=O) groups is 2. The Morgan fingerprint density at radius 2 is 1.61 bits per heavy atom. The van der Waals surface area contributed by atoms with Crippen LogP contribution < -0.4 is 18.9 Å². The summed E-state index contributed by atoms with van der Waals surface area (Å²) in [7, 11) is 3.09. The molecule has 7 heteroatoms. The molecule has 2 aliphatic rings. The van der Waals surface area contributed by atoms with Crippen molar-refractivity contribution in [2.75, 3.05) is 27.4 Å². The van der Waals surface area contributed by atoms with Crippen molar-refractivity contribution in [1.82, 2.24) is 0 Å². The van der Waals surface area contributed by atoms with Crippen molar-refractivity contribution in [3.63, 3.8) is 0 Å². The van der Waals surface area contributed by atoms with Gasteiger partial charge in [-0.2, -0.15) is 0 Å². The molecule has 7 nitrogen and oxygen atoms in total. The first-order chi connectivity index (χ1) is 13.6. The normalized spacial score (nSPS) is 15.5. The van der Waals surface area contributed by atoms with Gasteiger partial charge in [-0.15, -0.1) is 0 Å². The third kappa shape index (κ3) is 3.15. The van der Waals surface area contributed by atoms with Crippen LogP contribution in [0.1, 0.15) is 11.1 Å². The summed E-state index contributed by atoms with van der Waals surface area (Å²) < 4.78 is 26.5. The minimum Gasteiger partial charge on any atom is -0.493 e. The van der Waals surface area contributed by atoms with Crippen LogP contribution in [0, 0.1) is 0 Å². The SMILES string of the molecule is COc1ccc(CC2=C(c3ccc4c(c3)OCCO4)C(=O)OC2=O)cc1OC. The zero-order valence-corrected chi connectivity index (χ0v) is 15.4. The molecular weight excluding hydrogens is 364 g/mol. The topological polar surface area (TPSA) is 80.3 Å². The molecule has 0 radical (unpaired) electrons. The minimum absolute atomic E-state index is 0.217. The Bertz CT molecular complexity index is 990. The van der Waals surface area contributed by atoms with Crippen LogP contribution >= 0.6 is 0 Å². The zero-order chi connectivity index (χ0) is 19.7. The van der Waals surface area contributed by atoms with Gasteiger partial charge in [0.1, 0.15) is 13.2 Å². The fraction of sp³-hybridized carbons (Fsp3) is 0.238. The van der Waals surface area contributed by atoms with Crippen molar-refractivity contribution < 1.29 is 33.3 Å². The molecule has 0 atom stereocenters. The highest BCUT2D eigenvalue weighted by molar-refractivity contribution is 6.31. The maximum absolute atomic E-state index is 12.4. The first kappa shape index (κ1) is 17.9. The van der Waals surface area contributed by atoms with E-state index in [1.807, 2.05) is 6.07 Å². The van der Waals surface area contributed by atoms with Crippen molar-refractivity contribution in [1.29, 1.82) is 0 Å². The summed E-state index contributed by atoms with van der Waals surface area (Å²) in [6.45, 7) is 0.900. The van der Waals surface area contributed by atoms with Gasteiger partial charge in [0.15, 0.2) is 23.0 Å². The van der Waals surface area contributed by atoms with Crippen LogP contribution in [0.25, 0.3) is 5.57 Å². The second kappa shape index (κ2) is 7.26. The largest absolute Gasteiger partial charge is 0.493 e. The Kier molecular flexibility index (Phi) is 4.65. The van der Waals surface area contributed by atoms with Crippen molar-refractivity contribution in [3.8, 4) is 23.0 Å². The van der Waals surface area contributed by atoms with Gasteiger partial charge < -0.3 is 23.7 Å². The lowest BCUT2D eigenvalue weighted by molar-refractivity contribution is -0.150. The first-order valence-corrected chi connectivity index (χ1v) is 8.71. The molecule has 0 saturated heterocycles. The molecule has 144 valence electrons. The van der Waals surface area contributed by atoms with Crippen molar-refractivity contribution >= 4 is 17.5 Å². The average Bonchev–Trinajstić information content (AvgIpc) is 3.00. The summed E-state index contributed by atoms with van der Waals surface area (Å²) in [6.07, 6.45) is 0.217. The second-order valence-electron chi connectivity index (χ2n) is 6.26. The molecule has 0 saturated carbocycles. The summed E-state index contributed by atoms with van der Waals surface area (Å²) in [5.74, 6) is 0.946. The Morgan fingerprint density at radius 3 is 2.36 bits per heavy atom. The fourth-order valence-electron chi connectivity index (χ4n) is 3.27. The number of benzene rings is 2. The van der Waals surface area contributed by atoms with E-state index >= 15 is 0 Å². The van der Waals surface area contributed by atoms with Gasteiger partial charge in [0, 0.05) is 6.42 Å². The summed E-state index contributed by atoms with van der Waals surface area (Å²) in [6, 6.07) is 10.5. The quantitative estimate of drug-likeness (QED) is 0.581. The lowest BCUT2D eigenvalue weighted by Gasteiger charge is -2.18. The minimum atomic E-state index is -0.669. The van der Waals surface area contributed by atoms with Gasteiger partial charge in [-0.3, -0.25) is 0 Å². The van der Waals surface area contributed by atoms with Crippen molar-refractivity contribution in [2.45, 2.75) is 6.42 Å². The second-order valence-corrected chi connectivity index (χ2v) is 6.26. The standard InChI is InChI=1S/C21H18O7/c1-24-15-5-3-12(10-17(15)25-2)9-14-19(21(23)28-20(14)22)13-4-6-16-18(11-13)27-8-7-26-16/h3-6,10-11H,7-9H2,1-2H3. The number of carbonyl (C=O) groups excluding carboxylic acids is 2. The molecule has 0 amide bonds. The molecule has 0 aromatic heterocycles. The van der Waals surface area contributed by atoms with E-state index in [1.165, 1.54) is 7.11 Å². The van der Waals surface area contributed by atoms with E-state index in [2.05, 4.69) is 0 Å². The molecule has 0 aliphatic carbocycles. The summed E-state index contributed by atoms with van der Waals surface area (Å²) in [5.41, 5.74) is 1.86. The molecule has 0 N–H and O–H groups in total. The van der Waals surface area contributed by atoms with Crippen LogP contribution in [0.4, 0.5) is 0 Å². The predicted molar refractivity (Wildman–Crippen MR) is 98.7 cm³/mol. The first-order valence-electron chi connectivity index (χ1n) is 8.71. The van der Waals surface area contributed by atoms with Crippen LogP contribution in [0.2, 0.25) is 0 Å². The van der Waals surface area contributed by atoms with Crippen molar-refractivity contribution in [3.05, 3.63) is 53.1 Å². The van der Waals surface area contributed by atoms with Gasteiger partial charge in [-0.05, 0) is 35.4 Å². The molecule has 4 rings (SSSR count). The molecule has 28 heavy (non-hydrogen) atoms. The van der Waals surface area contributed by atoms with Crippen LogP contribution in [0.5, 0.6) is 23.0 Å². The number of ether oxygens (including phenoxy) is 5. The van der Waals surface area contributed by atoms with Gasteiger partial charge in [0.05, 0.1) is 25.4 Å². The lowest BCUT2D eigenvalue weighted by atomic mass is 9.96. The van der Waals surface area contributed by atoms with Crippen molar-refractivity contribution in [2.24, 2.45) is 0 Å². The maximum Gasteiger partial charge on any atom is 0.347 e. The smallest absolute Gasteiger partial charge is 0.347 e. The monoisotopic (exact) mass is 382 g/mol. The van der Waals surface area contributed by atoms with Gasteiger partial charge in [0.2, 0.25) is 0 Å².